The lowest BCUT2D eigenvalue weighted by Crippen LogP contribution is -2.27. The van der Waals surface area contributed by atoms with Crippen molar-refractivity contribution in [3.05, 3.63) is 81.9 Å². The lowest BCUT2D eigenvalue weighted by molar-refractivity contribution is -0.113. The minimum atomic E-state index is -0.987. The number of carbonyl (C=O) groups is 2. The van der Waals surface area contributed by atoms with Crippen molar-refractivity contribution in [3.8, 4) is 11.3 Å². The van der Waals surface area contributed by atoms with Gasteiger partial charge in [0.25, 0.3) is 5.91 Å². The van der Waals surface area contributed by atoms with Crippen LogP contribution in [0, 0.1) is 0 Å². The molecule has 0 spiro atoms. The van der Waals surface area contributed by atoms with Gasteiger partial charge in [-0.1, -0.05) is 47.7 Å². The molecule has 0 atom stereocenters. The molecule has 0 unspecified atom stereocenters. The molecule has 1 aliphatic heterocycles. The van der Waals surface area contributed by atoms with Gasteiger partial charge >= 0.3 is 5.97 Å². The highest BCUT2D eigenvalue weighted by Gasteiger charge is 2.33. The minimum Gasteiger partial charge on any atom is -0.478 e. The summed E-state index contributed by atoms with van der Waals surface area (Å²) in [5.74, 6) is -0.147. The molecule has 3 aromatic rings. The van der Waals surface area contributed by atoms with Gasteiger partial charge in [-0.3, -0.25) is 9.69 Å². The van der Waals surface area contributed by atoms with E-state index in [1.165, 1.54) is 28.8 Å². The second-order valence-corrected chi connectivity index (χ2v) is 8.19. The fourth-order valence-corrected chi connectivity index (χ4v) is 4.18. The van der Waals surface area contributed by atoms with Crippen molar-refractivity contribution in [2.45, 2.75) is 0 Å². The van der Waals surface area contributed by atoms with E-state index >= 15 is 0 Å². The fraction of sp³-hybridized carbons (Fsp3) is 0. The molecule has 0 saturated carbocycles. The van der Waals surface area contributed by atoms with Crippen LogP contribution < -0.4 is 4.90 Å². The number of thiocarbonyl (C=S) groups is 1. The molecular weight excluding hydrogens is 430 g/mol. The van der Waals surface area contributed by atoms with Crippen LogP contribution in [0.5, 0.6) is 0 Å². The van der Waals surface area contributed by atoms with Gasteiger partial charge in [-0.15, -0.1) is 0 Å². The highest BCUT2D eigenvalue weighted by Crippen LogP contribution is 2.37. The maximum absolute atomic E-state index is 12.8. The maximum Gasteiger partial charge on any atom is 0.335 e. The van der Waals surface area contributed by atoms with Crippen molar-refractivity contribution in [3.63, 3.8) is 0 Å². The van der Waals surface area contributed by atoms with Gasteiger partial charge in [-0.05, 0) is 48.5 Å². The molecular formula is C21H12ClNO4S2. The van der Waals surface area contributed by atoms with Gasteiger partial charge in [0.15, 0.2) is 4.32 Å². The highest BCUT2D eigenvalue weighted by molar-refractivity contribution is 8.27. The molecule has 1 saturated heterocycles. The number of carboxylic acids is 1. The monoisotopic (exact) mass is 441 g/mol. The second kappa shape index (κ2) is 7.87. The predicted molar refractivity (Wildman–Crippen MR) is 118 cm³/mol. The van der Waals surface area contributed by atoms with Crippen LogP contribution in [0.4, 0.5) is 5.69 Å². The summed E-state index contributed by atoms with van der Waals surface area (Å²) in [6.07, 6.45) is 1.64. The average molecular weight is 442 g/mol. The van der Waals surface area contributed by atoms with E-state index < -0.39 is 5.97 Å². The first-order chi connectivity index (χ1) is 13.9. The smallest absolute Gasteiger partial charge is 0.335 e. The molecule has 2 aromatic carbocycles. The summed E-state index contributed by atoms with van der Waals surface area (Å²) in [7, 11) is 0. The Kier molecular flexibility index (Phi) is 5.27. The van der Waals surface area contributed by atoms with Gasteiger partial charge in [0, 0.05) is 16.7 Å². The van der Waals surface area contributed by atoms with Crippen LogP contribution in [0.25, 0.3) is 17.4 Å². The molecule has 1 N–H and O–H groups in total. The topological polar surface area (TPSA) is 70.8 Å². The Bertz CT molecular complexity index is 1150. The van der Waals surface area contributed by atoms with Crippen molar-refractivity contribution in [1.29, 1.82) is 0 Å². The molecule has 0 radical (unpaired) electrons. The molecule has 1 fully saturated rings. The first-order valence-electron chi connectivity index (χ1n) is 8.39. The van der Waals surface area contributed by atoms with Crippen LogP contribution in [0.15, 0.2) is 70.0 Å². The summed E-state index contributed by atoms with van der Waals surface area (Å²) in [4.78, 5) is 25.7. The van der Waals surface area contributed by atoms with Gasteiger partial charge in [-0.2, -0.15) is 0 Å². The molecule has 0 aliphatic carbocycles. The van der Waals surface area contributed by atoms with Crippen LogP contribution >= 0.6 is 35.6 Å². The Hall–Kier alpha value is -2.87. The maximum atomic E-state index is 12.8. The van der Waals surface area contributed by atoms with E-state index in [1.54, 1.807) is 54.6 Å². The number of nitrogens with zero attached hydrogens (tertiary/aromatic N) is 1. The van der Waals surface area contributed by atoms with Crippen molar-refractivity contribution < 1.29 is 19.1 Å². The van der Waals surface area contributed by atoms with E-state index in [0.29, 0.717) is 31.5 Å². The normalized spacial score (nSPS) is 15.3. The molecule has 29 heavy (non-hydrogen) atoms. The van der Waals surface area contributed by atoms with Gasteiger partial charge in [0.2, 0.25) is 0 Å². The molecule has 8 heteroatoms. The minimum absolute atomic E-state index is 0.200. The largest absolute Gasteiger partial charge is 0.478 e. The van der Waals surface area contributed by atoms with Crippen LogP contribution in [0.2, 0.25) is 5.02 Å². The number of hydrogen-bond donors (Lipinski definition) is 1. The van der Waals surface area contributed by atoms with Gasteiger partial charge in [0.1, 0.15) is 11.5 Å². The molecule has 1 aliphatic rings. The third kappa shape index (κ3) is 3.98. The Balaban J connectivity index is 1.57. The highest BCUT2D eigenvalue weighted by atomic mass is 35.5. The first-order valence-corrected chi connectivity index (χ1v) is 10.00. The molecule has 5 nitrogen and oxygen atoms in total. The SMILES string of the molecule is O=C(O)c1ccc(-c2ccc(C=C3SC(=S)N(c4ccc(Cl)cc4)C3=O)o2)cc1. The Morgan fingerprint density at radius 3 is 2.41 bits per heavy atom. The summed E-state index contributed by atoms with van der Waals surface area (Å²) in [6, 6.07) is 16.8. The molecule has 1 aromatic heterocycles. The van der Waals surface area contributed by atoms with Crippen LogP contribution in [0.1, 0.15) is 16.1 Å². The Morgan fingerprint density at radius 1 is 1.07 bits per heavy atom. The van der Waals surface area contributed by atoms with Crippen molar-refractivity contribution in [1.82, 2.24) is 0 Å². The number of furan rings is 1. The zero-order valence-corrected chi connectivity index (χ0v) is 17.1. The molecule has 0 bridgehead atoms. The number of carboxylic acid groups (broad SMARTS) is 1. The van der Waals surface area contributed by atoms with E-state index in [4.69, 9.17) is 33.3 Å². The lowest BCUT2D eigenvalue weighted by Gasteiger charge is -2.14. The Labute approximate surface area is 180 Å². The molecule has 4 rings (SSSR count). The van der Waals surface area contributed by atoms with E-state index in [1.807, 2.05) is 0 Å². The number of thioether (sulfide) groups is 1. The summed E-state index contributed by atoms with van der Waals surface area (Å²) < 4.78 is 6.23. The quantitative estimate of drug-likeness (QED) is 0.413. The van der Waals surface area contributed by atoms with E-state index in [9.17, 15) is 9.59 Å². The number of halogens is 1. The van der Waals surface area contributed by atoms with Gasteiger partial charge in [0.05, 0.1) is 16.2 Å². The first kappa shape index (κ1) is 19.4. The third-order valence-corrected chi connectivity index (χ3v) is 5.75. The predicted octanol–water partition coefficient (Wildman–Crippen LogP) is 5.70. The number of anilines is 1. The molecule has 1 amide bonds. The van der Waals surface area contributed by atoms with Gasteiger partial charge < -0.3 is 9.52 Å². The van der Waals surface area contributed by atoms with E-state index in [-0.39, 0.29) is 11.5 Å². The summed E-state index contributed by atoms with van der Waals surface area (Å²) in [6.45, 7) is 0. The van der Waals surface area contributed by atoms with Crippen molar-refractivity contribution in [2.24, 2.45) is 0 Å². The van der Waals surface area contributed by atoms with Gasteiger partial charge in [-0.25, -0.2) is 4.79 Å². The standard InChI is InChI=1S/C21H12ClNO4S2/c22-14-5-7-15(8-6-14)23-19(24)18(29-21(23)28)11-16-9-10-17(27-16)12-1-3-13(4-2-12)20(25)26/h1-11H,(H,25,26). The Morgan fingerprint density at radius 2 is 1.76 bits per heavy atom. The van der Waals surface area contributed by atoms with E-state index in [0.717, 1.165) is 5.56 Å². The third-order valence-electron chi connectivity index (χ3n) is 4.20. The van der Waals surface area contributed by atoms with Crippen molar-refractivity contribution in [2.75, 3.05) is 4.90 Å². The number of rotatable bonds is 4. The van der Waals surface area contributed by atoms with Crippen LogP contribution in [-0.4, -0.2) is 21.3 Å². The van der Waals surface area contributed by atoms with Crippen molar-refractivity contribution >= 4 is 63.5 Å². The second-order valence-electron chi connectivity index (χ2n) is 6.08. The summed E-state index contributed by atoms with van der Waals surface area (Å²) in [5, 5.41) is 9.56. The summed E-state index contributed by atoms with van der Waals surface area (Å²) in [5.41, 5.74) is 1.59. The van der Waals surface area contributed by atoms with Crippen LogP contribution in [0.3, 0.4) is 0 Å². The lowest BCUT2D eigenvalue weighted by atomic mass is 10.1. The number of amides is 1. The zero-order valence-electron chi connectivity index (χ0n) is 14.7. The number of benzene rings is 2. The summed E-state index contributed by atoms with van der Waals surface area (Å²) >= 11 is 12.5. The van der Waals surface area contributed by atoms with E-state index in [2.05, 4.69) is 0 Å². The van der Waals surface area contributed by atoms with Crippen LogP contribution in [-0.2, 0) is 4.79 Å². The average Bonchev–Trinajstić information content (AvgIpc) is 3.28. The number of carbonyl (C=O) groups excluding carboxylic acids is 1. The molecule has 2 heterocycles. The number of hydrogen-bond acceptors (Lipinski definition) is 5. The fourth-order valence-electron chi connectivity index (χ4n) is 2.77. The number of aromatic carboxylic acids is 1. The zero-order chi connectivity index (χ0) is 20.5. The molecule has 144 valence electrons.